The maximum absolute atomic E-state index is 15.8. The van der Waals surface area contributed by atoms with E-state index in [1.165, 1.54) is 21.9 Å². The van der Waals surface area contributed by atoms with Gasteiger partial charge in [-0.15, -0.1) is 10.2 Å². The SMILES string of the molecule is Cn1cnnc1[C@H](F)C1(c2cccc(N3Cc4c(cc(C(O)C5CC5)cc4C(F)(F)F)C3=O)c2)COC1. The molecule has 37 heavy (non-hydrogen) atoms. The molecular weight excluding hydrogens is 492 g/mol. The highest BCUT2D eigenvalue weighted by Crippen LogP contribution is 2.48. The van der Waals surface area contributed by atoms with Crippen LogP contribution in [0.4, 0.5) is 23.2 Å². The Hall–Kier alpha value is -3.31. The van der Waals surface area contributed by atoms with Crippen molar-refractivity contribution in [2.75, 3.05) is 18.1 Å². The monoisotopic (exact) mass is 516 g/mol. The summed E-state index contributed by atoms with van der Waals surface area (Å²) >= 11 is 0. The number of aromatic nitrogens is 3. The Morgan fingerprint density at radius 3 is 2.54 bits per heavy atom. The van der Waals surface area contributed by atoms with Crippen LogP contribution in [0.15, 0.2) is 42.7 Å². The molecule has 2 fully saturated rings. The molecule has 0 radical (unpaired) electrons. The summed E-state index contributed by atoms with van der Waals surface area (Å²) in [6, 6.07) is 8.95. The molecule has 7 nitrogen and oxygen atoms in total. The van der Waals surface area contributed by atoms with E-state index < -0.39 is 35.3 Å². The number of rotatable bonds is 6. The molecule has 1 unspecified atom stereocenters. The first-order valence-corrected chi connectivity index (χ1v) is 12.0. The highest BCUT2D eigenvalue weighted by atomic mass is 19.4. The highest BCUT2D eigenvalue weighted by molar-refractivity contribution is 6.10. The lowest BCUT2D eigenvalue weighted by atomic mass is 9.74. The van der Waals surface area contributed by atoms with E-state index in [0.29, 0.717) is 11.3 Å². The number of aliphatic hydroxyl groups excluding tert-OH is 1. The fourth-order valence-electron chi connectivity index (χ4n) is 5.28. The van der Waals surface area contributed by atoms with Crippen molar-refractivity contribution in [3.05, 3.63) is 76.4 Å². The lowest BCUT2D eigenvalue weighted by molar-refractivity contribution is -0.138. The van der Waals surface area contributed by atoms with Crippen molar-refractivity contribution < 1.29 is 32.2 Å². The fraction of sp³-hybridized carbons (Fsp3) is 0.423. The summed E-state index contributed by atoms with van der Waals surface area (Å²) in [5.74, 6) is -0.548. The van der Waals surface area contributed by atoms with Gasteiger partial charge in [0.15, 0.2) is 12.0 Å². The van der Waals surface area contributed by atoms with Crippen molar-refractivity contribution in [2.24, 2.45) is 13.0 Å². The van der Waals surface area contributed by atoms with E-state index in [2.05, 4.69) is 10.2 Å². The quantitative estimate of drug-likeness (QED) is 0.491. The molecule has 2 aliphatic heterocycles. The molecule has 3 heterocycles. The second kappa shape index (κ2) is 8.35. The van der Waals surface area contributed by atoms with Gasteiger partial charge in [0.05, 0.1) is 36.8 Å². The molecule has 1 aliphatic carbocycles. The number of alkyl halides is 4. The molecule has 1 saturated heterocycles. The molecule has 2 aromatic carbocycles. The number of ether oxygens (including phenoxy) is 1. The van der Waals surface area contributed by atoms with Crippen molar-refractivity contribution in [1.29, 1.82) is 0 Å². The van der Waals surface area contributed by atoms with Crippen LogP contribution in [-0.4, -0.2) is 39.0 Å². The van der Waals surface area contributed by atoms with Gasteiger partial charge in [0.2, 0.25) is 0 Å². The van der Waals surface area contributed by atoms with Crippen molar-refractivity contribution >= 4 is 11.6 Å². The Balaban J connectivity index is 1.37. The average Bonchev–Trinajstić information content (AvgIpc) is 3.51. The first kappa shape index (κ1) is 24.1. The number of hydrogen-bond acceptors (Lipinski definition) is 5. The minimum absolute atomic E-state index is 0.0703. The second-order valence-electron chi connectivity index (χ2n) is 10.1. The van der Waals surface area contributed by atoms with Crippen LogP contribution < -0.4 is 4.90 Å². The lowest BCUT2D eigenvalue weighted by Gasteiger charge is -2.43. The molecule has 1 aromatic heterocycles. The smallest absolute Gasteiger partial charge is 0.388 e. The van der Waals surface area contributed by atoms with Crippen LogP contribution in [0.3, 0.4) is 0 Å². The Bertz CT molecular complexity index is 1380. The largest absolute Gasteiger partial charge is 0.416 e. The minimum Gasteiger partial charge on any atom is -0.388 e. The molecule has 2 atom stereocenters. The summed E-state index contributed by atoms with van der Waals surface area (Å²) in [5, 5.41) is 18.2. The van der Waals surface area contributed by atoms with Gasteiger partial charge in [-0.25, -0.2) is 4.39 Å². The van der Waals surface area contributed by atoms with Gasteiger partial charge in [-0.2, -0.15) is 13.2 Å². The van der Waals surface area contributed by atoms with Gasteiger partial charge in [-0.1, -0.05) is 12.1 Å². The van der Waals surface area contributed by atoms with E-state index in [4.69, 9.17) is 4.74 Å². The number of anilines is 1. The summed E-state index contributed by atoms with van der Waals surface area (Å²) in [5.41, 5.74) is -1.17. The van der Waals surface area contributed by atoms with Gasteiger partial charge < -0.3 is 19.3 Å². The third-order valence-corrected chi connectivity index (χ3v) is 7.69. The van der Waals surface area contributed by atoms with E-state index in [0.717, 1.165) is 18.9 Å². The van der Waals surface area contributed by atoms with Crippen LogP contribution in [0, 0.1) is 5.92 Å². The van der Waals surface area contributed by atoms with E-state index in [1.54, 1.807) is 31.3 Å². The Labute approximate surface area is 209 Å². The predicted octanol–water partition coefficient (Wildman–Crippen LogP) is 4.42. The van der Waals surface area contributed by atoms with Crippen LogP contribution in [-0.2, 0) is 29.9 Å². The zero-order valence-corrected chi connectivity index (χ0v) is 19.9. The molecule has 194 valence electrons. The summed E-state index contributed by atoms with van der Waals surface area (Å²) in [6.07, 6.45) is -4.40. The number of amides is 1. The molecule has 6 rings (SSSR count). The Kier molecular flexibility index (Phi) is 5.43. The Morgan fingerprint density at radius 2 is 1.95 bits per heavy atom. The van der Waals surface area contributed by atoms with E-state index in [-0.39, 0.29) is 48.2 Å². The van der Waals surface area contributed by atoms with Crippen LogP contribution in [0.25, 0.3) is 0 Å². The first-order valence-electron chi connectivity index (χ1n) is 12.0. The van der Waals surface area contributed by atoms with Gasteiger partial charge in [-0.3, -0.25) is 4.79 Å². The van der Waals surface area contributed by atoms with Gasteiger partial charge in [0.25, 0.3) is 5.91 Å². The topological polar surface area (TPSA) is 80.5 Å². The van der Waals surface area contributed by atoms with Gasteiger partial charge >= 0.3 is 6.18 Å². The maximum atomic E-state index is 15.8. The molecule has 3 aromatic rings. The first-order chi connectivity index (χ1) is 17.6. The van der Waals surface area contributed by atoms with Crippen molar-refractivity contribution in [2.45, 2.75) is 43.3 Å². The number of fused-ring (bicyclic) bond motifs is 1. The van der Waals surface area contributed by atoms with E-state index >= 15 is 4.39 Å². The number of nitrogens with zero attached hydrogens (tertiary/aromatic N) is 4. The van der Waals surface area contributed by atoms with Crippen LogP contribution >= 0.6 is 0 Å². The summed E-state index contributed by atoms with van der Waals surface area (Å²) in [6.45, 7) is -0.114. The molecule has 3 aliphatic rings. The molecular formula is C26H24F4N4O3. The molecule has 1 saturated carbocycles. The fourth-order valence-corrected chi connectivity index (χ4v) is 5.28. The predicted molar refractivity (Wildman–Crippen MR) is 123 cm³/mol. The highest BCUT2D eigenvalue weighted by Gasteiger charge is 2.51. The molecule has 0 bridgehead atoms. The van der Waals surface area contributed by atoms with Gasteiger partial charge in [0.1, 0.15) is 6.33 Å². The van der Waals surface area contributed by atoms with Crippen molar-refractivity contribution in [3.8, 4) is 0 Å². The van der Waals surface area contributed by atoms with Gasteiger partial charge in [0, 0.05) is 18.3 Å². The molecule has 0 spiro atoms. The van der Waals surface area contributed by atoms with Crippen molar-refractivity contribution in [3.63, 3.8) is 0 Å². The zero-order valence-electron chi connectivity index (χ0n) is 19.9. The second-order valence-corrected chi connectivity index (χ2v) is 10.1. The zero-order chi connectivity index (χ0) is 26.1. The number of carbonyl (C=O) groups is 1. The number of carbonyl (C=O) groups excluding carboxylic acids is 1. The summed E-state index contributed by atoms with van der Waals surface area (Å²) in [4.78, 5) is 14.7. The summed E-state index contributed by atoms with van der Waals surface area (Å²) in [7, 11) is 1.64. The number of halogens is 4. The number of aliphatic hydroxyl groups is 1. The maximum Gasteiger partial charge on any atom is 0.416 e. The van der Waals surface area contributed by atoms with E-state index in [1.807, 2.05) is 0 Å². The number of aryl methyl sites for hydroxylation is 1. The normalized spacial score (nSPS) is 20.5. The third kappa shape index (κ3) is 3.83. The Morgan fingerprint density at radius 1 is 1.19 bits per heavy atom. The number of hydrogen-bond donors (Lipinski definition) is 1. The van der Waals surface area contributed by atoms with Crippen LogP contribution in [0.1, 0.15) is 63.6 Å². The standard InChI is InChI=1S/C26H24F4N4O3/c1-33-13-31-32-23(33)22(27)25(11-37-12-25)16-3-2-4-17(9-16)34-10-19-18(24(34)36)7-15(21(35)14-5-6-14)8-20(19)26(28,29)30/h2-4,7-9,13-14,21-22,35H,5-6,10-12H2,1H3/t21?,22-/m0/s1. The van der Waals surface area contributed by atoms with Crippen molar-refractivity contribution in [1.82, 2.24) is 14.8 Å². The van der Waals surface area contributed by atoms with Gasteiger partial charge in [-0.05, 0) is 59.7 Å². The average molecular weight is 516 g/mol. The van der Waals surface area contributed by atoms with Crippen LogP contribution in [0.5, 0.6) is 0 Å². The summed E-state index contributed by atoms with van der Waals surface area (Å²) < 4.78 is 64.6. The minimum atomic E-state index is -4.69. The third-order valence-electron chi connectivity index (χ3n) is 7.69. The molecule has 1 N–H and O–H groups in total. The van der Waals surface area contributed by atoms with Crippen LogP contribution in [0.2, 0.25) is 0 Å². The molecule has 1 amide bonds. The number of benzene rings is 2. The molecule has 11 heteroatoms. The van der Waals surface area contributed by atoms with E-state index in [9.17, 15) is 23.1 Å². The lowest BCUT2D eigenvalue weighted by Crippen LogP contribution is -2.50.